The van der Waals surface area contributed by atoms with E-state index >= 15 is 0 Å². The lowest BCUT2D eigenvalue weighted by Gasteiger charge is -2.14. The Hall–Kier alpha value is -3.56. The van der Waals surface area contributed by atoms with Crippen molar-refractivity contribution in [1.82, 2.24) is 19.6 Å². The highest BCUT2D eigenvalue weighted by atomic mass is 19.1. The van der Waals surface area contributed by atoms with Crippen LogP contribution in [0.5, 0.6) is 0 Å². The lowest BCUT2D eigenvalue weighted by Crippen LogP contribution is -2.25. The molecule has 0 aliphatic rings. The van der Waals surface area contributed by atoms with Crippen LogP contribution in [0.2, 0.25) is 0 Å². The van der Waals surface area contributed by atoms with Crippen LogP contribution in [0.4, 0.5) is 15.8 Å². The van der Waals surface area contributed by atoms with Crippen molar-refractivity contribution in [3.63, 3.8) is 0 Å². The van der Waals surface area contributed by atoms with E-state index in [1.54, 1.807) is 31.3 Å². The normalized spacial score (nSPS) is 11.9. The number of nitrogens with zero attached hydrogens (tertiary/aromatic N) is 5. The molecule has 0 aliphatic carbocycles. The Kier molecular flexibility index (Phi) is 5.25. The summed E-state index contributed by atoms with van der Waals surface area (Å²) in [4.78, 5) is 22.7. The molecule has 9 nitrogen and oxygen atoms in total. The Balaban J connectivity index is 1.69. The van der Waals surface area contributed by atoms with E-state index in [4.69, 9.17) is 0 Å². The number of aromatic nitrogens is 4. The summed E-state index contributed by atoms with van der Waals surface area (Å²) in [6.07, 6.45) is 5.76. The highest BCUT2D eigenvalue weighted by Gasteiger charge is 2.22. The fourth-order valence-electron chi connectivity index (χ4n) is 2.63. The summed E-state index contributed by atoms with van der Waals surface area (Å²) in [5.41, 5.74) is 0.740. The molecule has 2 aromatic heterocycles. The number of benzene rings is 1. The fraction of sp³-hybridized carbons (Fsp3) is 0.235. The third-order valence-corrected chi connectivity index (χ3v) is 4.00. The molecule has 0 saturated carbocycles. The molecule has 0 fully saturated rings. The van der Waals surface area contributed by atoms with Gasteiger partial charge in [-0.15, -0.1) is 0 Å². The summed E-state index contributed by atoms with van der Waals surface area (Å²) in [6.45, 7) is 2.00. The number of hydrogen-bond acceptors (Lipinski definition) is 5. The molecule has 0 bridgehead atoms. The SMILES string of the molecule is CCC(C(=O)Nc1cnn(Cc2ccccc2F)c1)n1cc([N+](=O)[O-])cn1. The third-order valence-electron chi connectivity index (χ3n) is 4.00. The van der Waals surface area contributed by atoms with Gasteiger partial charge in [-0.2, -0.15) is 10.2 Å². The molecule has 1 N–H and O–H groups in total. The van der Waals surface area contributed by atoms with Crippen molar-refractivity contribution in [2.75, 3.05) is 5.32 Å². The van der Waals surface area contributed by atoms with Crippen LogP contribution >= 0.6 is 0 Å². The smallest absolute Gasteiger partial charge is 0.307 e. The fourth-order valence-corrected chi connectivity index (χ4v) is 2.63. The third kappa shape index (κ3) is 4.17. The molecule has 0 aliphatic heterocycles. The van der Waals surface area contributed by atoms with E-state index in [1.807, 2.05) is 0 Å². The zero-order valence-corrected chi connectivity index (χ0v) is 14.4. The summed E-state index contributed by atoms with van der Waals surface area (Å²) in [6, 6.07) is 5.68. The van der Waals surface area contributed by atoms with E-state index in [0.717, 1.165) is 6.20 Å². The minimum atomic E-state index is -0.700. The molecule has 10 heteroatoms. The van der Waals surface area contributed by atoms with Gasteiger partial charge >= 0.3 is 5.69 Å². The number of nitro groups is 1. The minimum absolute atomic E-state index is 0.182. The van der Waals surface area contributed by atoms with Crippen LogP contribution in [0.25, 0.3) is 0 Å². The van der Waals surface area contributed by atoms with E-state index < -0.39 is 11.0 Å². The molecule has 3 aromatic rings. The number of nitrogens with one attached hydrogen (secondary N) is 1. The number of hydrogen-bond donors (Lipinski definition) is 1. The molecule has 2 heterocycles. The van der Waals surface area contributed by atoms with Crippen molar-refractivity contribution < 1.29 is 14.1 Å². The molecular weight excluding hydrogens is 355 g/mol. The number of amides is 1. The topological polar surface area (TPSA) is 108 Å². The van der Waals surface area contributed by atoms with E-state index in [9.17, 15) is 19.3 Å². The van der Waals surface area contributed by atoms with Gasteiger partial charge in [0.05, 0.1) is 23.4 Å². The van der Waals surface area contributed by atoms with Crippen molar-refractivity contribution in [3.05, 3.63) is 70.5 Å². The maximum absolute atomic E-state index is 13.7. The van der Waals surface area contributed by atoms with Gasteiger partial charge in [-0.1, -0.05) is 25.1 Å². The molecule has 0 radical (unpaired) electrons. The lowest BCUT2D eigenvalue weighted by atomic mass is 10.2. The summed E-state index contributed by atoms with van der Waals surface area (Å²) in [5, 5.41) is 21.5. The van der Waals surface area contributed by atoms with Gasteiger partial charge in [0.2, 0.25) is 5.91 Å². The van der Waals surface area contributed by atoms with Gasteiger partial charge in [-0.05, 0) is 12.5 Å². The summed E-state index contributed by atoms with van der Waals surface area (Å²) >= 11 is 0. The molecule has 140 valence electrons. The zero-order chi connectivity index (χ0) is 19.4. The van der Waals surface area contributed by atoms with Crippen molar-refractivity contribution >= 4 is 17.3 Å². The summed E-state index contributed by atoms with van der Waals surface area (Å²) in [7, 11) is 0. The van der Waals surface area contributed by atoms with Crippen LogP contribution in [-0.4, -0.2) is 30.4 Å². The average Bonchev–Trinajstić information content (AvgIpc) is 3.28. The average molecular weight is 372 g/mol. The Bertz CT molecular complexity index is 967. The van der Waals surface area contributed by atoms with Crippen LogP contribution in [-0.2, 0) is 11.3 Å². The van der Waals surface area contributed by atoms with Gasteiger partial charge in [0, 0.05) is 11.8 Å². The monoisotopic (exact) mass is 372 g/mol. The van der Waals surface area contributed by atoms with Crippen molar-refractivity contribution in [2.45, 2.75) is 25.9 Å². The Morgan fingerprint density at radius 3 is 2.74 bits per heavy atom. The molecule has 1 amide bonds. The van der Waals surface area contributed by atoms with Gasteiger partial charge in [0.15, 0.2) is 0 Å². The molecule has 0 spiro atoms. The summed E-state index contributed by atoms with van der Waals surface area (Å²) in [5.74, 6) is -0.703. The second kappa shape index (κ2) is 7.77. The van der Waals surface area contributed by atoms with Gasteiger partial charge in [-0.3, -0.25) is 24.3 Å². The second-order valence-electron chi connectivity index (χ2n) is 5.87. The first-order chi connectivity index (χ1) is 13.0. The predicted molar refractivity (Wildman–Crippen MR) is 94.6 cm³/mol. The van der Waals surface area contributed by atoms with E-state index in [1.165, 1.54) is 27.8 Å². The Morgan fingerprint density at radius 2 is 2.07 bits per heavy atom. The van der Waals surface area contributed by atoms with Crippen LogP contribution < -0.4 is 5.32 Å². The second-order valence-corrected chi connectivity index (χ2v) is 5.87. The molecule has 0 saturated heterocycles. The maximum Gasteiger partial charge on any atom is 0.307 e. The first-order valence-electron chi connectivity index (χ1n) is 8.23. The number of rotatable bonds is 7. The molecular formula is C17H17FN6O3. The van der Waals surface area contributed by atoms with Crippen LogP contribution in [0, 0.1) is 15.9 Å². The van der Waals surface area contributed by atoms with Gasteiger partial charge in [0.1, 0.15) is 24.3 Å². The molecule has 1 aromatic carbocycles. The van der Waals surface area contributed by atoms with Gasteiger partial charge in [0.25, 0.3) is 0 Å². The molecule has 1 unspecified atom stereocenters. The zero-order valence-electron chi connectivity index (χ0n) is 14.4. The number of carbonyl (C=O) groups is 1. The largest absolute Gasteiger partial charge is 0.322 e. The van der Waals surface area contributed by atoms with Gasteiger partial charge < -0.3 is 5.32 Å². The van der Waals surface area contributed by atoms with Crippen molar-refractivity contribution in [1.29, 1.82) is 0 Å². The van der Waals surface area contributed by atoms with Crippen molar-refractivity contribution in [3.8, 4) is 0 Å². The van der Waals surface area contributed by atoms with Crippen LogP contribution in [0.3, 0.4) is 0 Å². The quantitative estimate of drug-likeness (QED) is 0.507. The first kappa shape index (κ1) is 18.2. The van der Waals surface area contributed by atoms with Crippen LogP contribution in [0.15, 0.2) is 49.1 Å². The molecule has 3 rings (SSSR count). The van der Waals surface area contributed by atoms with E-state index in [-0.39, 0.29) is 24.0 Å². The number of anilines is 1. The minimum Gasteiger partial charge on any atom is -0.322 e. The predicted octanol–water partition coefficient (Wildman–Crippen LogP) is 2.77. The Labute approximate surface area is 153 Å². The highest BCUT2D eigenvalue weighted by molar-refractivity contribution is 5.93. The first-order valence-corrected chi connectivity index (χ1v) is 8.23. The summed E-state index contributed by atoms with van der Waals surface area (Å²) < 4.78 is 16.5. The molecule has 1 atom stereocenters. The lowest BCUT2D eigenvalue weighted by molar-refractivity contribution is -0.385. The standard InChI is InChI=1S/C17H17FN6O3/c1-2-16(23-11-14(8-20-23)24(26)27)17(25)21-13-7-19-22(10-13)9-12-5-3-4-6-15(12)18/h3-8,10-11,16H,2,9H2,1H3,(H,21,25). The maximum atomic E-state index is 13.7. The van der Waals surface area contributed by atoms with Gasteiger partial charge in [-0.25, -0.2) is 4.39 Å². The van der Waals surface area contributed by atoms with Crippen LogP contribution in [0.1, 0.15) is 24.9 Å². The van der Waals surface area contributed by atoms with E-state index in [2.05, 4.69) is 15.5 Å². The van der Waals surface area contributed by atoms with Crippen molar-refractivity contribution in [2.24, 2.45) is 0 Å². The Morgan fingerprint density at radius 1 is 1.30 bits per heavy atom. The number of halogens is 1. The molecule has 27 heavy (non-hydrogen) atoms. The number of carbonyl (C=O) groups excluding carboxylic acids is 1. The highest BCUT2D eigenvalue weighted by Crippen LogP contribution is 2.18. The van der Waals surface area contributed by atoms with E-state index in [0.29, 0.717) is 17.7 Å².